The van der Waals surface area contributed by atoms with Crippen LogP contribution in [0, 0.1) is 0 Å². The van der Waals surface area contributed by atoms with Crippen LogP contribution in [0.1, 0.15) is 13.3 Å². The molecule has 0 amide bonds. The first-order valence-electron chi connectivity index (χ1n) is 5.41. The van der Waals surface area contributed by atoms with E-state index in [0.717, 1.165) is 0 Å². The fourth-order valence-electron chi connectivity index (χ4n) is 1.54. The Morgan fingerprint density at radius 2 is 2.12 bits per heavy atom. The highest BCUT2D eigenvalue weighted by Crippen LogP contribution is 2.23. The number of anilines is 2. The molecule has 1 aromatic rings. The van der Waals surface area contributed by atoms with E-state index >= 15 is 0 Å². The van der Waals surface area contributed by atoms with Gasteiger partial charge in [0.1, 0.15) is 12.4 Å². The third kappa shape index (κ3) is 4.50. The predicted octanol–water partition coefficient (Wildman–Crippen LogP) is 2.90. The van der Waals surface area contributed by atoms with Gasteiger partial charge in [0.25, 0.3) is 0 Å². The van der Waals surface area contributed by atoms with Crippen molar-refractivity contribution in [1.82, 2.24) is 4.98 Å². The van der Waals surface area contributed by atoms with Crippen LogP contribution < -0.4 is 10.2 Å². The standard InChI is InChI=1S/C11H16F3N3/c1-3-6-17(8-11(12,13)14)9-4-5-16-10(7-9)15-2/h4-5,7H,3,6,8H2,1-2H3,(H,15,16). The maximum Gasteiger partial charge on any atom is 0.405 e. The summed E-state index contributed by atoms with van der Waals surface area (Å²) in [6, 6.07) is 3.20. The zero-order valence-corrected chi connectivity index (χ0v) is 9.88. The first-order valence-corrected chi connectivity index (χ1v) is 5.41. The van der Waals surface area contributed by atoms with Crippen molar-refractivity contribution in [3.8, 4) is 0 Å². The van der Waals surface area contributed by atoms with Gasteiger partial charge in [0.15, 0.2) is 0 Å². The molecular weight excluding hydrogens is 231 g/mol. The van der Waals surface area contributed by atoms with Crippen molar-refractivity contribution >= 4 is 11.5 Å². The second kappa shape index (κ2) is 5.75. The van der Waals surface area contributed by atoms with Crippen LogP contribution in [0.3, 0.4) is 0 Å². The molecular formula is C11H16F3N3. The van der Waals surface area contributed by atoms with Crippen molar-refractivity contribution in [2.45, 2.75) is 19.5 Å². The Hall–Kier alpha value is -1.46. The van der Waals surface area contributed by atoms with Gasteiger partial charge in [-0.15, -0.1) is 0 Å². The molecule has 0 atom stereocenters. The topological polar surface area (TPSA) is 28.2 Å². The summed E-state index contributed by atoms with van der Waals surface area (Å²) in [7, 11) is 1.68. The Morgan fingerprint density at radius 1 is 1.41 bits per heavy atom. The van der Waals surface area contributed by atoms with Gasteiger partial charge in [-0.1, -0.05) is 6.92 Å². The Bertz CT molecular complexity index is 352. The number of hydrogen-bond donors (Lipinski definition) is 1. The number of nitrogens with zero attached hydrogens (tertiary/aromatic N) is 2. The van der Waals surface area contributed by atoms with Crippen LogP contribution in [-0.4, -0.2) is 31.3 Å². The first kappa shape index (κ1) is 13.6. The molecule has 0 saturated heterocycles. The summed E-state index contributed by atoms with van der Waals surface area (Å²) < 4.78 is 37.3. The highest BCUT2D eigenvalue weighted by atomic mass is 19.4. The van der Waals surface area contributed by atoms with Gasteiger partial charge in [0, 0.05) is 31.5 Å². The summed E-state index contributed by atoms with van der Waals surface area (Å²) in [4.78, 5) is 5.29. The molecule has 0 aliphatic rings. The summed E-state index contributed by atoms with van der Waals surface area (Å²) >= 11 is 0. The zero-order valence-electron chi connectivity index (χ0n) is 9.88. The van der Waals surface area contributed by atoms with Crippen LogP contribution >= 0.6 is 0 Å². The van der Waals surface area contributed by atoms with Gasteiger partial charge in [-0.2, -0.15) is 13.2 Å². The number of hydrogen-bond acceptors (Lipinski definition) is 3. The average Bonchev–Trinajstić information content (AvgIpc) is 2.27. The number of pyridine rings is 1. The Morgan fingerprint density at radius 3 is 2.65 bits per heavy atom. The second-order valence-corrected chi connectivity index (χ2v) is 3.69. The molecule has 0 saturated carbocycles. The van der Waals surface area contributed by atoms with Gasteiger partial charge in [-0.05, 0) is 12.5 Å². The van der Waals surface area contributed by atoms with E-state index in [1.807, 2.05) is 6.92 Å². The third-order valence-corrected chi connectivity index (χ3v) is 2.23. The average molecular weight is 247 g/mol. The molecule has 1 aromatic heterocycles. The first-order chi connectivity index (χ1) is 7.96. The van der Waals surface area contributed by atoms with E-state index in [-0.39, 0.29) is 0 Å². The van der Waals surface area contributed by atoms with Gasteiger partial charge < -0.3 is 10.2 Å². The zero-order chi connectivity index (χ0) is 12.9. The number of alkyl halides is 3. The van der Waals surface area contributed by atoms with E-state index in [0.29, 0.717) is 24.5 Å². The van der Waals surface area contributed by atoms with Crippen LogP contribution in [0.2, 0.25) is 0 Å². The van der Waals surface area contributed by atoms with Crippen molar-refractivity contribution in [1.29, 1.82) is 0 Å². The molecule has 0 fully saturated rings. The van der Waals surface area contributed by atoms with Crippen molar-refractivity contribution in [3.63, 3.8) is 0 Å². The van der Waals surface area contributed by atoms with E-state index in [4.69, 9.17) is 0 Å². The fraction of sp³-hybridized carbons (Fsp3) is 0.545. The summed E-state index contributed by atoms with van der Waals surface area (Å²) in [5, 5.41) is 2.81. The molecule has 6 heteroatoms. The molecule has 17 heavy (non-hydrogen) atoms. The Balaban J connectivity index is 2.88. The van der Waals surface area contributed by atoms with E-state index in [9.17, 15) is 13.2 Å². The predicted molar refractivity (Wildman–Crippen MR) is 62.3 cm³/mol. The number of aromatic nitrogens is 1. The molecule has 0 bridgehead atoms. The molecule has 0 spiro atoms. The lowest BCUT2D eigenvalue weighted by molar-refractivity contribution is -0.119. The van der Waals surface area contributed by atoms with Gasteiger partial charge in [0.2, 0.25) is 0 Å². The van der Waals surface area contributed by atoms with Crippen molar-refractivity contribution in [2.24, 2.45) is 0 Å². The van der Waals surface area contributed by atoms with Gasteiger partial charge >= 0.3 is 6.18 Å². The molecule has 1 N–H and O–H groups in total. The molecule has 0 radical (unpaired) electrons. The van der Waals surface area contributed by atoms with E-state index in [1.165, 1.54) is 11.1 Å². The maximum absolute atomic E-state index is 12.4. The quantitative estimate of drug-likeness (QED) is 0.867. The summed E-state index contributed by atoms with van der Waals surface area (Å²) in [6.45, 7) is 1.28. The van der Waals surface area contributed by atoms with Crippen LogP contribution in [0.25, 0.3) is 0 Å². The van der Waals surface area contributed by atoms with Crippen LogP contribution in [-0.2, 0) is 0 Å². The molecule has 0 unspecified atom stereocenters. The minimum atomic E-state index is -4.20. The SMILES string of the molecule is CCCN(CC(F)(F)F)c1ccnc(NC)c1. The van der Waals surface area contributed by atoms with Crippen molar-refractivity contribution < 1.29 is 13.2 Å². The Kier molecular flexibility index (Phi) is 4.60. The smallest absolute Gasteiger partial charge is 0.373 e. The number of nitrogens with one attached hydrogen (secondary N) is 1. The minimum absolute atomic E-state index is 0.368. The van der Waals surface area contributed by atoms with Gasteiger partial charge in [-0.3, -0.25) is 0 Å². The lowest BCUT2D eigenvalue weighted by atomic mass is 10.3. The largest absolute Gasteiger partial charge is 0.405 e. The molecule has 3 nitrogen and oxygen atoms in total. The fourth-order valence-corrected chi connectivity index (χ4v) is 1.54. The minimum Gasteiger partial charge on any atom is -0.373 e. The van der Waals surface area contributed by atoms with E-state index in [2.05, 4.69) is 10.3 Å². The summed E-state index contributed by atoms with van der Waals surface area (Å²) in [6.07, 6.45) is -2.04. The van der Waals surface area contributed by atoms with E-state index in [1.54, 1.807) is 19.2 Å². The molecule has 0 aliphatic carbocycles. The lowest BCUT2D eigenvalue weighted by Gasteiger charge is -2.25. The van der Waals surface area contributed by atoms with Crippen LogP contribution in [0.4, 0.5) is 24.7 Å². The second-order valence-electron chi connectivity index (χ2n) is 3.69. The molecule has 0 aliphatic heterocycles. The van der Waals surface area contributed by atoms with Gasteiger partial charge in [0.05, 0.1) is 0 Å². The number of rotatable bonds is 5. The molecule has 1 heterocycles. The molecule has 1 rings (SSSR count). The third-order valence-electron chi connectivity index (χ3n) is 2.23. The summed E-state index contributed by atoms with van der Waals surface area (Å²) in [5.74, 6) is 0.561. The van der Waals surface area contributed by atoms with Crippen LogP contribution in [0.15, 0.2) is 18.3 Å². The number of halogens is 3. The highest BCUT2D eigenvalue weighted by molar-refractivity contribution is 5.53. The maximum atomic E-state index is 12.4. The normalized spacial score (nSPS) is 11.4. The van der Waals surface area contributed by atoms with E-state index < -0.39 is 12.7 Å². The lowest BCUT2D eigenvalue weighted by Crippen LogP contribution is -2.34. The summed E-state index contributed by atoms with van der Waals surface area (Å²) in [5.41, 5.74) is 0.531. The molecule has 96 valence electrons. The highest BCUT2D eigenvalue weighted by Gasteiger charge is 2.30. The van der Waals surface area contributed by atoms with Crippen LogP contribution in [0.5, 0.6) is 0 Å². The van der Waals surface area contributed by atoms with Gasteiger partial charge in [-0.25, -0.2) is 4.98 Å². The Labute approximate surface area is 98.6 Å². The van der Waals surface area contributed by atoms with Crippen molar-refractivity contribution in [2.75, 3.05) is 30.4 Å². The van der Waals surface area contributed by atoms with Crippen molar-refractivity contribution in [3.05, 3.63) is 18.3 Å². The molecule has 0 aromatic carbocycles. The monoisotopic (exact) mass is 247 g/mol.